The van der Waals surface area contributed by atoms with Crippen molar-refractivity contribution in [3.63, 3.8) is 0 Å². The molecule has 0 radical (unpaired) electrons. The van der Waals surface area contributed by atoms with Crippen LogP contribution in [0.25, 0.3) is 0 Å². The molecule has 0 saturated heterocycles. The molecule has 0 aliphatic carbocycles. The second-order valence-corrected chi connectivity index (χ2v) is 5.35. The van der Waals surface area contributed by atoms with Crippen LogP contribution in [-0.2, 0) is 11.2 Å². The maximum absolute atomic E-state index is 11.9. The summed E-state index contributed by atoms with van der Waals surface area (Å²) in [6.45, 7) is 6.16. The van der Waals surface area contributed by atoms with Crippen molar-refractivity contribution >= 4 is 5.91 Å². The van der Waals surface area contributed by atoms with Crippen LogP contribution < -0.4 is 11.1 Å². The third kappa shape index (κ3) is 4.57. The quantitative estimate of drug-likeness (QED) is 0.833. The van der Waals surface area contributed by atoms with Crippen LogP contribution in [0.2, 0.25) is 0 Å². The van der Waals surface area contributed by atoms with E-state index < -0.39 is 0 Å². The summed E-state index contributed by atoms with van der Waals surface area (Å²) in [6, 6.07) is 10.1. The molecule has 1 aromatic carbocycles. The molecule has 0 aliphatic rings. The highest BCUT2D eigenvalue weighted by Gasteiger charge is 2.23. The Kier molecular flexibility index (Phi) is 4.70. The van der Waals surface area contributed by atoms with Gasteiger partial charge >= 0.3 is 0 Å². The van der Waals surface area contributed by atoms with Crippen LogP contribution in [0.15, 0.2) is 30.3 Å². The number of nitrogens with two attached hydrogens (primary N) is 1. The average molecular weight is 234 g/mol. The molecule has 17 heavy (non-hydrogen) atoms. The van der Waals surface area contributed by atoms with Gasteiger partial charge < -0.3 is 11.1 Å². The zero-order chi connectivity index (χ0) is 12.9. The fraction of sp³-hybridized carbons (Fsp3) is 0.500. The summed E-state index contributed by atoms with van der Waals surface area (Å²) in [4.78, 5) is 11.9. The zero-order valence-corrected chi connectivity index (χ0v) is 10.9. The molecular weight excluding hydrogens is 212 g/mol. The van der Waals surface area contributed by atoms with Crippen LogP contribution in [0, 0.1) is 5.41 Å². The summed E-state index contributed by atoms with van der Waals surface area (Å²) in [5.74, 6) is 0.0453. The van der Waals surface area contributed by atoms with Gasteiger partial charge in [-0.3, -0.25) is 4.79 Å². The van der Waals surface area contributed by atoms with Gasteiger partial charge in [0.1, 0.15) is 0 Å². The molecule has 1 amide bonds. The van der Waals surface area contributed by atoms with Gasteiger partial charge in [0.05, 0.1) is 0 Å². The summed E-state index contributed by atoms with van der Waals surface area (Å²) in [7, 11) is 0. The van der Waals surface area contributed by atoms with E-state index in [1.165, 1.54) is 5.56 Å². The standard InChI is InChI=1S/C14H22N2O/c1-14(2,3)13(17)16-12(10-15)9-11-7-5-4-6-8-11/h4-8,12H,9-10,15H2,1-3H3,(H,16,17). The van der Waals surface area contributed by atoms with Gasteiger partial charge in [-0.25, -0.2) is 0 Å². The summed E-state index contributed by atoms with van der Waals surface area (Å²) >= 11 is 0. The Morgan fingerprint density at radius 1 is 1.29 bits per heavy atom. The van der Waals surface area contributed by atoms with Gasteiger partial charge in [0.25, 0.3) is 0 Å². The van der Waals surface area contributed by atoms with Crippen molar-refractivity contribution in [2.75, 3.05) is 6.54 Å². The molecule has 1 atom stereocenters. The number of carbonyl (C=O) groups is 1. The van der Waals surface area contributed by atoms with E-state index in [-0.39, 0.29) is 17.4 Å². The molecule has 0 aromatic heterocycles. The van der Waals surface area contributed by atoms with Crippen molar-refractivity contribution in [3.05, 3.63) is 35.9 Å². The van der Waals surface area contributed by atoms with E-state index in [0.717, 1.165) is 6.42 Å². The molecule has 0 bridgehead atoms. The van der Waals surface area contributed by atoms with Crippen molar-refractivity contribution in [1.29, 1.82) is 0 Å². The maximum Gasteiger partial charge on any atom is 0.225 e. The molecule has 1 aromatic rings. The Morgan fingerprint density at radius 3 is 2.35 bits per heavy atom. The molecule has 3 nitrogen and oxygen atoms in total. The van der Waals surface area contributed by atoms with Crippen molar-refractivity contribution in [2.45, 2.75) is 33.2 Å². The Balaban J connectivity index is 2.59. The number of amides is 1. The lowest BCUT2D eigenvalue weighted by Gasteiger charge is -2.23. The van der Waals surface area contributed by atoms with E-state index in [1.54, 1.807) is 0 Å². The zero-order valence-electron chi connectivity index (χ0n) is 10.9. The number of carbonyl (C=O) groups excluding carboxylic acids is 1. The molecule has 0 aliphatic heterocycles. The van der Waals surface area contributed by atoms with Crippen molar-refractivity contribution in [1.82, 2.24) is 5.32 Å². The first-order valence-electron chi connectivity index (χ1n) is 5.98. The van der Waals surface area contributed by atoms with Crippen LogP contribution in [0.3, 0.4) is 0 Å². The monoisotopic (exact) mass is 234 g/mol. The Labute approximate surface area is 103 Å². The minimum Gasteiger partial charge on any atom is -0.351 e. The van der Waals surface area contributed by atoms with Crippen LogP contribution in [0.5, 0.6) is 0 Å². The van der Waals surface area contributed by atoms with Crippen LogP contribution in [-0.4, -0.2) is 18.5 Å². The van der Waals surface area contributed by atoms with Crippen LogP contribution in [0.4, 0.5) is 0 Å². The van der Waals surface area contributed by atoms with Gasteiger partial charge in [0.2, 0.25) is 5.91 Å². The van der Waals surface area contributed by atoms with Gasteiger partial charge in [0, 0.05) is 18.0 Å². The minimum absolute atomic E-state index is 0.00382. The SMILES string of the molecule is CC(C)(C)C(=O)NC(CN)Cc1ccccc1. The number of nitrogens with one attached hydrogen (secondary N) is 1. The van der Waals surface area contributed by atoms with Crippen molar-refractivity contribution < 1.29 is 4.79 Å². The summed E-state index contributed by atoms with van der Waals surface area (Å²) in [5.41, 5.74) is 6.52. The van der Waals surface area contributed by atoms with E-state index in [4.69, 9.17) is 5.73 Å². The maximum atomic E-state index is 11.9. The smallest absolute Gasteiger partial charge is 0.225 e. The van der Waals surface area contributed by atoms with E-state index in [2.05, 4.69) is 5.32 Å². The van der Waals surface area contributed by atoms with Crippen LogP contribution in [0.1, 0.15) is 26.3 Å². The van der Waals surface area contributed by atoms with E-state index in [1.807, 2.05) is 51.1 Å². The summed E-state index contributed by atoms with van der Waals surface area (Å²) < 4.78 is 0. The first-order valence-corrected chi connectivity index (χ1v) is 5.98. The first kappa shape index (κ1) is 13.7. The topological polar surface area (TPSA) is 55.1 Å². The molecule has 0 spiro atoms. The highest BCUT2D eigenvalue weighted by Crippen LogP contribution is 2.13. The van der Waals surface area contributed by atoms with Gasteiger partial charge in [-0.15, -0.1) is 0 Å². The molecule has 0 fully saturated rings. The number of hydrogen-bond donors (Lipinski definition) is 2. The normalized spacial score (nSPS) is 13.2. The fourth-order valence-electron chi connectivity index (χ4n) is 1.49. The molecule has 0 heterocycles. The van der Waals surface area contributed by atoms with E-state index >= 15 is 0 Å². The molecule has 1 rings (SSSR count). The van der Waals surface area contributed by atoms with Crippen LogP contribution >= 0.6 is 0 Å². The lowest BCUT2D eigenvalue weighted by Crippen LogP contribution is -2.46. The highest BCUT2D eigenvalue weighted by atomic mass is 16.2. The summed E-state index contributed by atoms with van der Waals surface area (Å²) in [6.07, 6.45) is 0.777. The largest absolute Gasteiger partial charge is 0.351 e. The Morgan fingerprint density at radius 2 is 1.88 bits per heavy atom. The molecule has 3 N–H and O–H groups in total. The second kappa shape index (κ2) is 5.82. The van der Waals surface area contributed by atoms with E-state index in [0.29, 0.717) is 6.54 Å². The van der Waals surface area contributed by atoms with Gasteiger partial charge in [0.15, 0.2) is 0 Å². The molecule has 1 unspecified atom stereocenters. The van der Waals surface area contributed by atoms with Gasteiger partial charge in [-0.2, -0.15) is 0 Å². The Hall–Kier alpha value is -1.35. The van der Waals surface area contributed by atoms with Gasteiger partial charge in [-0.05, 0) is 12.0 Å². The number of rotatable bonds is 4. The van der Waals surface area contributed by atoms with Crippen molar-refractivity contribution in [3.8, 4) is 0 Å². The number of hydrogen-bond acceptors (Lipinski definition) is 2. The first-order chi connectivity index (χ1) is 7.93. The highest BCUT2D eigenvalue weighted by molar-refractivity contribution is 5.81. The second-order valence-electron chi connectivity index (χ2n) is 5.35. The third-order valence-electron chi connectivity index (χ3n) is 2.63. The molecule has 94 valence electrons. The predicted molar refractivity (Wildman–Crippen MR) is 70.6 cm³/mol. The average Bonchev–Trinajstić information content (AvgIpc) is 2.28. The van der Waals surface area contributed by atoms with Crippen molar-refractivity contribution in [2.24, 2.45) is 11.1 Å². The predicted octanol–water partition coefficient (Wildman–Crippen LogP) is 1.72. The summed E-state index contributed by atoms with van der Waals surface area (Å²) in [5, 5.41) is 2.99. The van der Waals surface area contributed by atoms with Gasteiger partial charge in [-0.1, -0.05) is 51.1 Å². The Bertz CT molecular complexity index is 354. The third-order valence-corrected chi connectivity index (χ3v) is 2.63. The molecule has 3 heteroatoms. The lowest BCUT2D eigenvalue weighted by atomic mass is 9.94. The number of benzene rings is 1. The molecule has 0 saturated carbocycles. The fourth-order valence-corrected chi connectivity index (χ4v) is 1.49. The molecular formula is C14H22N2O. The lowest BCUT2D eigenvalue weighted by molar-refractivity contribution is -0.129. The van der Waals surface area contributed by atoms with E-state index in [9.17, 15) is 4.79 Å². The minimum atomic E-state index is -0.371.